The van der Waals surface area contributed by atoms with Gasteiger partial charge in [0.1, 0.15) is 5.58 Å². The minimum atomic E-state index is -0.371. The Labute approximate surface area is 118 Å². The van der Waals surface area contributed by atoms with Gasteiger partial charge in [-0.2, -0.15) is 0 Å². The predicted octanol–water partition coefficient (Wildman–Crippen LogP) is 4.65. The van der Waals surface area contributed by atoms with E-state index >= 15 is 0 Å². The van der Waals surface area contributed by atoms with E-state index in [0.29, 0.717) is 16.2 Å². The average molecular weight is 285 g/mol. The molecule has 98 valence electrons. The van der Waals surface area contributed by atoms with Crippen molar-refractivity contribution in [3.8, 4) is 0 Å². The van der Waals surface area contributed by atoms with Gasteiger partial charge in [0.15, 0.2) is 11.2 Å². The third kappa shape index (κ3) is 1.44. The number of para-hydroxylation sites is 1. The minimum Gasteiger partial charge on any atom is -0.454 e. The third-order valence-corrected chi connectivity index (χ3v) is 3.80. The van der Waals surface area contributed by atoms with Crippen molar-refractivity contribution >= 4 is 44.5 Å². The van der Waals surface area contributed by atoms with Crippen LogP contribution < -0.4 is 5.63 Å². The number of benzene rings is 2. The van der Waals surface area contributed by atoms with Gasteiger partial charge in [0, 0.05) is 16.8 Å². The van der Waals surface area contributed by atoms with E-state index in [-0.39, 0.29) is 5.63 Å². The van der Waals surface area contributed by atoms with E-state index in [4.69, 9.17) is 20.4 Å². The van der Waals surface area contributed by atoms with E-state index in [1.807, 2.05) is 31.2 Å². The molecule has 0 saturated heterocycles. The SMILES string of the molecule is Cc1cc(=O)oc2c1cc(Cl)c1oc3ccccc3c12. The molecule has 2 aromatic carbocycles. The van der Waals surface area contributed by atoms with E-state index in [1.165, 1.54) is 6.07 Å². The summed E-state index contributed by atoms with van der Waals surface area (Å²) in [7, 11) is 0. The molecule has 0 unspecified atom stereocenters. The van der Waals surface area contributed by atoms with Gasteiger partial charge in [0.05, 0.1) is 10.4 Å². The Hall–Kier alpha value is -2.26. The summed E-state index contributed by atoms with van der Waals surface area (Å²) in [6, 6.07) is 10.8. The molecule has 2 aromatic heterocycles. The quantitative estimate of drug-likeness (QED) is 0.441. The zero-order valence-corrected chi connectivity index (χ0v) is 11.3. The molecule has 0 aliphatic heterocycles. The Balaban J connectivity index is 2.42. The fourth-order valence-corrected chi connectivity index (χ4v) is 2.86. The molecule has 0 fully saturated rings. The van der Waals surface area contributed by atoms with E-state index in [1.54, 1.807) is 6.07 Å². The molecule has 0 atom stereocenters. The van der Waals surface area contributed by atoms with Gasteiger partial charge in [0.25, 0.3) is 0 Å². The average Bonchev–Trinajstić information content (AvgIpc) is 2.81. The normalized spacial score (nSPS) is 11.7. The summed E-state index contributed by atoms with van der Waals surface area (Å²) < 4.78 is 11.2. The maximum absolute atomic E-state index is 11.7. The largest absolute Gasteiger partial charge is 0.454 e. The summed E-state index contributed by atoms with van der Waals surface area (Å²) in [4.78, 5) is 11.7. The zero-order valence-electron chi connectivity index (χ0n) is 10.6. The van der Waals surface area contributed by atoms with E-state index in [2.05, 4.69) is 0 Å². The first-order valence-corrected chi connectivity index (χ1v) is 6.57. The lowest BCUT2D eigenvalue weighted by Gasteiger charge is -2.02. The van der Waals surface area contributed by atoms with Crippen molar-refractivity contribution in [1.82, 2.24) is 0 Å². The molecule has 4 aromatic rings. The lowest BCUT2D eigenvalue weighted by molar-refractivity contribution is 0.562. The van der Waals surface area contributed by atoms with E-state index in [0.717, 1.165) is 27.3 Å². The van der Waals surface area contributed by atoms with Crippen LogP contribution in [-0.4, -0.2) is 0 Å². The number of hydrogen-bond donors (Lipinski definition) is 0. The Morgan fingerprint density at radius 3 is 2.65 bits per heavy atom. The highest BCUT2D eigenvalue weighted by molar-refractivity contribution is 6.38. The number of rotatable bonds is 0. The molecule has 4 heteroatoms. The van der Waals surface area contributed by atoms with Crippen molar-refractivity contribution in [1.29, 1.82) is 0 Å². The van der Waals surface area contributed by atoms with Crippen molar-refractivity contribution in [3.05, 3.63) is 57.4 Å². The highest BCUT2D eigenvalue weighted by Crippen LogP contribution is 2.38. The summed E-state index contributed by atoms with van der Waals surface area (Å²) in [6.45, 7) is 1.86. The van der Waals surface area contributed by atoms with Gasteiger partial charge >= 0.3 is 5.63 Å². The van der Waals surface area contributed by atoms with Gasteiger partial charge in [-0.3, -0.25) is 0 Å². The summed E-state index contributed by atoms with van der Waals surface area (Å²) in [5.41, 5.74) is 2.27. The molecule has 0 radical (unpaired) electrons. The molecule has 20 heavy (non-hydrogen) atoms. The van der Waals surface area contributed by atoms with Gasteiger partial charge in [-0.15, -0.1) is 0 Å². The van der Waals surface area contributed by atoms with Gasteiger partial charge in [-0.1, -0.05) is 29.8 Å². The summed E-state index contributed by atoms with van der Waals surface area (Å²) >= 11 is 6.31. The smallest absolute Gasteiger partial charge is 0.336 e. The predicted molar refractivity (Wildman–Crippen MR) is 79.5 cm³/mol. The molecular weight excluding hydrogens is 276 g/mol. The fourth-order valence-electron chi connectivity index (χ4n) is 2.62. The minimum absolute atomic E-state index is 0.371. The van der Waals surface area contributed by atoms with E-state index in [9.17, 15) is 4.79 Å². The molecule has 0 N–H and O–H groups in total. The van der Waals surface area contributed by atoms with Crippen LogP contribution in [0.1, 0.15) is 5.56 Å². The Morgan fingerprint density at radius 1 is 1.00 bits per heavy atom. The lowest BCUT2D eigenvalue weighted by atomic mass is 10.1. The Bertz CT molecular complexity index is 1040. The first-order chi connectivity index (χ1) is 9.65. The highest BCUT2D eigenvalue weighted by atomic mass is 35.5. The Kier molecular flexibility index (Phi) is 2.24. The van der Waals surface area contributed by atoms with Gasteiger partial charge in [-0.25, -0.2) is 4.79 Å². The summed E-state index contributed by atoms with van der Waals surface area (Å²) in [5, 5.41) is 2.99. The van der Waals surface area contributed by atoms with Crippen molar-refractivity contribution in [2.24, 2.45) is 0 Å². The first-order valence-electron chi connectivity index (χ1n) is 6.19. The van der Waals surface area contributed by atoms with Gasteiger partial charge in [-0.05, 0) is 24.6 Å². The van der Waals surface area contributed by atoms with Crippen LogP contribution in [0.4, 0.5) is 0 Å². The first kappa shape index (κ1) is 11.6. The number of hydrogen-bond acceptors (Lipinski definition) is 3. The monoisotopic (exact) mass is 284 g/mol. The number of fused-ring (bicyclic) bond motifs is 5. The topological polar surface area (TPSA) is 43.4 Å². The molecular formula is C16H9ClO3. The second kappa shape index (κ2) is 3.87. The van der Waals surface area contributed by atoms with Crippen molar-refractivity contribution < 1.29 is 8.83 Å². The lowest BCUT2D eigenvalue weighted by Crippen LogP contribution is -1.98. The van der Waals surface area contributed by atoms with Crippen molar-refractivity contribution in [2.45, 2.75) is 6.92 Å². The van der Waals surface area contributed by atoms with Crippen LogP contribution in [0.2, 0.25) is 5.02 Å². The fraction of sp³-hybridized carbons (Fsp3) is 0.0625. The van der Waals surface area contributed by atoms with Crippen LogP contribution in [0.25, 0.3) is 32.9 Å². The van der Waals surface area contributed by atoms with Crippen molar-refractivity contribution in [3.63, 3.8) is 0 Å². The molecule has 0 saturated carbocycles. The van der Waals surface area contributed by atoms with Crippen LogP contribution in [0.3, 0.4) is 0 Å². The van der Waals surface area contributed by atoms with Crippen LogP contribution >= 0.6 is 11.6 Å². The van der Waals surface area contributed by atoms with Crippen LogP contribution in [-0.2, 0) is 0 Å². The summed E-state index contributed by atoms with van der Waals surface area (Å²) in [6.07, 6.45) is 0. The van der Waals surface area contributed by atoms with Crippen LogP contribution in [0.15, 0.2) is 50.0 Å². The summed E-state index contributed by atoms with van der Waals surface area (Å²) in [5.74, 6) is 0. The molecule has 2 heterocycles. The van der Waals surface area contributed by atoms with Crippen LogP contribution in [0, 0.1) is 6.92 Å². The second-order valence-electron chi connectivity index (χ2n) is 4.79. The number of aryl methyl sites for hydroxylation is 1. The zero-order chi connectivity index (χ0) is 13.9. The molecule has 0 aliphatic carbocycles. The number of furan rings is 1. The molecule has 0 amide bonds. The standard InChI is InChI=1S/C16H9ClO3/c1-8-6-13(18)20-15-10(8)7-11(17)16-14(15)9-4-2-3-5-12(9)19-16/h2-7H,1H3. The molecule has 4 rings (SSSR count). The second-order valence-corrected chi connectivity index (χ2v) is 5.19. The molecule has 0 aliphatic rings. The highest BCUT2D eigenvalue weighted by Gasteiger charge is 2.16. The van der Waals surface area contributed by atoms with Crippen molar-refractivity contribution in [2.75, 3.05) is 0 Å². The number of halogens is 1. The molecule has 3 nitrogen and oxygen atoms in total. The Morgan fingerprint density at radius 2 is 1.80 bits per heavy atom. The van der Waals surface area contributed by atoms with Crippen LogP contribution in [0.5, 0.6) is 0 Å². The molecule has 0 bridgehead atoms. The molecule has 0 spiro atoms. The maximum atomic E-state index is 11.7. The van der Waals surface area contributed by atoms with Gasteiger partial charge in [0.2, 0.25) is 0 Å². The maximum Gasteiger partial charge on any atom is 0.336 e. The third-order valence-electron chi connectivity index (χ3n) is 3.52. The van der Waals surface area contributed by atoms with E-state index < -0.39 is 0 Å². The van der Waals surface area contributed by atoms with Gasteiger partial charge < -0.3 is 8.83 Å².